The van der Waals surface area contributed by atoms with Gasteiger partial charge in [0.1, 0.15) is 22.4 Å². The van der Waals surface area contributed by atoms with E-state index in [0.717, 1.165) is 23.4 Å². The maximum atomic E-state index is 13.0. The SMILES string of the molecule is CCOc1ccc(-c2csc(/C(C#N)=C/Nc3ccc(Cl)c(C(F)(F)F)c3)n2)cc1. The lowest BCUT2D eigenvalue weighted by atomic mass is 10.1. The minimum Gasteiger partial charge on any atom is -0.494 e. The molecule has 30 heavy (non-hydrogen) atoms. The fourth-order valence-corrected chi connectivity index (χ4v) is 3.57. The van der Waals surface area contributed by atoms with Gasteiger partial charge in [-0.2, -0.15) is 18.4 Å². The highest BCUT2D eigenvalue weighted by molar-refractivity contribution is 7.11. The first-order valence-electron chi connectivity index (χ1n) is 8.74. The molecule has 0 atom stereocenters. The molecule has 1 aromatic heterocycles. The van der Waals surface area contributed by atoms with E-state index >= 15 is 0 Å². The Hall–Kier alpha value is -3.02. The van der Waals surface area contributed by atoms with E-state index in [2.05, 4.69) is 10.3 Å². The number of thiazole rings is 1. The molecule has 0 fully saturated rings. The summed E-state index contributed by atoms with van der Waals surface area (Å²) < 4.78 is 44.4. The lowest BCUT2D eigenvalue weighted by Gasteiger charge is -2.10. The fraction of sp³-hybridized carbons (Fsp3) is 0.143. The predicted octanol–water partition coefficient (Wildman–Crippen LogP) is 6.86. The van der Waals surface area contributed by atoms with Gasteiger partial charge in [0, 0.05) is 22.8 Å². The summed E-state index contributed by atoms with van der Waals surface area (Å²) in [6.45, 7) is 2.47. The van der Waals surface area contributed by atoms with Gasteiger partial charge in [0.15, 0.2) is 0 Å². The van der Waals surface area contributed by atoms with Crippen molar-refractivity contribution >= 4 is 34.2 Å². The second-order valence-electron chi connectivity index (χ2n) is 6.00. The lowest BCUT2D eigenvalue weighted by molar-refractivity contribution is -0.137. The Labute approximate surface area is 180 Å². The van der Waals surface area contributed by atoms with Crippen molar-refractivity contribution in [3.8, 4) is 23.1 Å². The minimum atomic E-state index is -4.57. The highest BCUT2D eigenvalue weighted by Crippen LogP contribution is 2.36. The summed E-state index contributed by atoms with van der Waals surface area (Å²) in [7, 11) is 0. The smallest absolute Gasteiger partial charge is 0.417 e. The van der Waals surface area contributed by atoms with Crippen LogP contribution in [0.4, 0.5) is 18.9 Å². The molecule has 0 spiro atoms. The number of aromatic nitrogens is 1. The van der Waals surface area contributed by atoms with Crippen LogP contribution in [0.2, 0.25) is 5.02 Å². The Kier molecular flexibility index (Phi) is 6.65. The van der Waals surface area contributed by atoms with Gasteiger partial charge in [-0.1, -0.05) is 11.6 Å². The number of nitrogens with zero attached hydrogens (tertiary/aromatic N) is 2. The summed E-state index contributed by atoms with van der Waals surface area (Å²) >= 11 is 6.89. The summed E-state index contributed by atoms with van der Waals surface area (Å²) in [5.41, 5.74) is 0.945. The van der Waals surface area contributed by atoms with Crippen molar-refractivity contribution in [3.05, 3.63) is 69.6 Å². The summed E-state index contributed by atoms with van der Waals surface area (Å²) in [5, 5.41) is 14.0. The van der Waals surface area contributed by atoms with Crippen LogP contribution in [0.3, 0.4) is 0 Å². The molecule has 0 unspecified atom stereocenters. The van der Waals surface area contributed by atoms with E-state index in [-0.39, 0.29) is 11.3 Å². The van der Waals surface area contributed by atoms with Crippen molar-refractivity contribution in [2.45, 2.75) is 13.1 Å². The Morgan fingerprint density at radius 3 is 2.63 bits per heavy atom. The Morgan fingerprint density at radius 1 is 1.27 bits per heavy atom. The van der Waals surface area contributed by atoms with Gasteiger partial charge >= 0.3 is 6.18 Å². The van der Waals surface area contributed by atoms with E-state index < -0.39 is 16.8 Å². The number of hydrogen-bond donors (Lipinski definition) is 1. The van der Waals surface area contributed by atoms with Crippen LogP contribution in [0.15, 0.2) is 54.0 Å². The lowest BCUT2D eigenvalue weighted by Crippen LogP contribution is -2.06. The molecular formula is C21H15ClF3N3OS. The van der Waals surface area contributed by atoms with Gasteiger partial charge in [-0.3, -0.25) is 0 Å². The Morgan fingerprint density at radius 2 is 2.00 bits per heavy atom. The fourth-order valence-electron chi connectivity index (χ4n) is 2.55. The molecule has 0 aliphatic carbocycles. The zero-order valence-electron chi connectivity index (χ0n) is 15.6. The molecule has 3 aromatic rings. The van der Waals surface area contributed by atoms with Crippen LogP contribution >= 0.6 is 22.9 Å². The maximum absolute atomic E-state index is 13.0. The molecule has 9 heteroatoms. The summed E-state index contributed by atoms with van der Waals surface area (Å²) in [4.78, 5) is 4.46. The predicted molar refractivity (Wildman–Crippen MR) is 112 cm³/mol. The van der Waals surface area contributed by atoms with E-state index in [1.54, 1.807) is 5.38 Å². The van der Waals surface area contributed by atoms with Crippen molar-refractivity contribution in [3.63, 3.8) is 0 Å². The van der Waals surface area contributed by atoms with Crippen molar-refractivity contribution < 1.29 is 17.9 Å². The summed E-state index contributed by atoms with van der Waals surface area (Å²) in [6.07, 6.45) is -3.25. The van der Waals surface area contributed by atoms with Gasteiger partial charge in [0.25, 0.3) is 0 Å². The number of allylic oxidation sites excluding steroid dienone is 1. The zero-order chi connectivity index (χ0) is 21.7. The van der Waals surface area contributed by atoms with Crippen LogP contribution in [0.25, 0.3) is 16.8 Å². The number of alkyl halides is 3. The second-order valence-corrected chi connectivity index (χ2v) is 7.27. The zero-order valence-corrected chi connectivity index (χ0v) is 17.2. The average Bonchev–Trinajstić information content (AvgIpc) is 3.19. The van der Waals surface area contributed by atoms with Crippen LogP contribution in [0.5, 0.6) is 5.75 Å². The van der Waals surface area contributed by atoms with Crippen LogP contribution in [-0.4, -0.2) is 11.6 Å². The van der Waals surface area contributed by atoms with E-state index in [9.17, 15) is 18.4 Å². The number of nitriles is 1. The maximum Gasteiger partial charge on any atom is 0.417 e. The molecule has 2 aromatic carbocycles. The largest absolute Gasteiger partial charge is 0.494 e. The van der Waals surface area contributed by atoms with E-state index in [1.807, 2.05) is 37.3 Å². The molecule has 1 heterocycles. The molecule has 0 saturated heterocycles. The normalized spacial score (nSPS) is 11.8. The first-order chi connectivity index (χ1) is 14.3. The van der Waals surface area contributed by atoms with Crippen molar-refractivity contribution in [1.82, 2.24) is 4.98 Å². The van der Waals surface area contributed by atoms with E-state index in [4.69, 9.17) is 16.3 Å². The number of rotatable bonds is 6. The topological polar surface area (TPSA) is 57.9 Å². The molecule has 0 bridgehead atoms. The third-order valence-electron chi connectivity index (χ3n) is 3.97. The van der Waals surface area contributed by atoms with Crippen LogP contribution < -0.4 is 10.1 Å². The number of ether oxygens (including phenoxy) is 1. The molecule has 0 radical (unpaired) electrons. The number of anilines is 1. The molecule has 154 valence electrons. The standard InChI is InChI=1S/C21H15ClF3N3OS/c1-2-29-16-6-3-13(4-7-16)19-12-30-20(28-19)14(10-26)11-27-15-5-8-18(22)17(9-15)21(23,24)25/h3-9,11-12,27H,2H2,1H3/b14-11+. The molecular weight excluding hydrogens is 435 g/mol. The monoisotopic (exact) mass is 449 g/mol. The summed E-state index contributed by atoms with van der Waals surface area (Å²) in [5.74, 6) is 0.750. The highest BCUT2D eigenvalue weighted by Gasteiger charge is 2.33. The summed E-state index contributed by atoms with van der Waals surface area (Å²) in [6, 6.07) is 12.9. The van der Waals surface area contributed by atoms with Crippen LogP contribution in [-0.2, 0) is 6.18 Å². The van der Waals surface area contributed by atoms with Crippen molar-refractivity contribution in [2.24, 2.45) is 0 Å². The van der Waals surface area contributed by atoms with Crippen LogP contribution in [0, 0.1) is 11.3 Å². The quantitative estimate of drug-likeness (QED) is 0.418. The van der Waals surface area contributed by atoms with Gasteiger partial charge in [0.2, 0.25) is 0 Å². The number of hydrogen-bond acceptors (Lipinski definition) is 5. The van der Waals surface area contributed by atoms with Gasteiger partial charge in [-0.15, -0.1) is 11.3 Å². The minimum absolute atomic E-state index is 0.155. The molecule has 0 amide bonds. The highest BCUT2D eigenvalue weighted by atomic mass is 35.5. The van der Waals surface area contributed by atoms with Crippen molar-refractivity contribution in [2.75, 3.05) is 11.9 Å². The number of nitrogens with one attached hydrogen (secondary N) is 1. The third-order valence-corrected chi connectivity index (χ3v) is 5.18. The molecule has 1 N–H and O–H groups in total. The van der Waals surface area contributed by atoms with E-state index in [1.165, 1.54) is 23.6 Å². The van der Waals surface area contributed by atoms with Gasteiger partial charge in [-0.25, -0.2) is 4.98 Å². The van der Waals surface area contributed by atoms with Crippen molar-refractivity contribution in [1.29, 1.82) is 5.26 Å². The third kappa shape index (κ3) is 5.12. The average molecular weight is 450 g/mol. The second kappa shape index (κ2) is 9.20. The first kappa shape index (κ1) is 21.7. The molecule has 0 saturated carbocycles. The molecule has 4 nitrogen and oxygen atoms in total. The number of benzene rings is 2. The molecule has 3 rings (SSSR count). The number of halogens is 4. The van der Waals surface area contributed by atoms with E-state index in [0.29, 0.717) is 17.3 Å². The molecule has 0 aliphatic heterocycles. The molecule has 0 aliphatic rings. The van der Waals surface area contributed by atoms with Gasteiger partial charge in [0.05, 0.1) is 22.9 Å². The van der Waals surface area contributed by atoms with Gasteiger partial charge in [-0.05, 0) is 49.4 Å². The first-order valence-corrected chi connectivity index (χ1v) is 10.00. The van der Waals surface area contributed by atoms with Gasteiger partial charge < -0.3 is 10.1 Å². The van der Waals surface area contributed by atoms with Crippen LogP contribution in [0.1, 0.15) is 17.5 Å². The Balaban J connectivity index is 1.80. The Bertz CT molecular complexity index is 1100.